The Morgan fingerprint density at radius 2 is 2.06 bits per heavy atom. The summed E-state index contributed by atoms with van der Waals surface area (Å²) < 4.78 is 7.04. The number of nitrogens with zero attached hydrogens (tertiary/aromatic N) is 4. The van der Waals surface area contributed by atoms with Gasteiger partial charge in [0.2, 0.25) is 5.95 Å². The number of aliphatic hydroxyl groups excluding tert-OH is 1. The fourth-order valence-electron chi connectivity index (χ4n) is 3.58. The van der Waals surface area contributed by atoms with Crippen LogP contribution in [0.3, 0.4) is 0 Å². The highest BCUT2D eigenvalue weighted by Gasteiger charge is 2.35. The lowest BCUT2D eigenvalue weighted by atomic mass is 9.98. The van der Waals surface area contributed by atoms with Gasteiger partial charge in [0.1, 0.15) is 11.8 Å². The van der Waals surface area contributed by atoms with Crippen LogP contribution in [0.25, 0.3) is 0 Å². The van der Waals surface area contributed by atoms with Crippen LogP contribution in [0.5, 0.6) is 5.75 Å². The van der Waals surface area contributed by atoms with Gasteiger partial charge in [-0.05, 0) is 37.6 Å². The van der Waals surface area contributed by atoms with E-state index in [0.717, 1.165) is 0 Å². The Labute approximate surface area is 179 Å². The van der Waals surface area contributed by atoms with E-state index in [-0.39, 0.29) is 12.5 Å². The molecule has 0 fully saturated rings. The molecule has 0 saturated heterocycles. The van der Waals surface area contributed by atoms with Crippen molar-refractivity contribution in [3.63, 3.8) is 0 Å². The minimum Gasteiger partial charge on any atom is -0.495 e. The third-order valence-electron chi connectivity index (χ3n) is 5.02. The number of rotatable bonds is 7. The number of benzene rings is 1. The third kappa shape index (κ3) is 4.13. The van der Waals surface area contributed by atoms with Crippen molar-refractivity contribution >= 4 is 17.5 Å². The molecule has 0 aliphatic carbocycles. The molecule has 0 bridgehead atoms. The van der Waals surface area contributed by atoms with Crippen LogP contribution in [-0.2, 0) is 11.2 Å². The fourth-order valence-corrected chi connectivity index (χ4v) is 3.58. The van der Waals surface area contributed by atoms with E-state index in [1.165, 1.54) is 0 Å². The van der Waals surface area contributed by atoms with Crippen LogP contribution >= 0.6 is 0 Å². The smallest absolute Gasteiger partial charge is 0.256 e. The van der Waals surface area contributed by atoms with Crippen LogP contribution in [-0.4, -0.2) is 44.5 Å². The Morgan fingerprint density at radius 3 is 2.81 bits per heavy atom. The summed E-state index contributed by atoms with van der Waals surface area (Å²) in [6.07, 6.45) is 2.78. The molecule has 1 amide bonds. The van der Waals surface area contributed by atoms with Gasteiger partial charge in [0.25, 0.3) is 5.91 Å². The second kappa shape index (κ2) is 8.97. The number of allylic oxidation sites excluding steroid dienone is 1. The highest BCUT2D eigenvalue weighted by Crippen LogP contribution is 2.35. The number of carbonyl (C=O) groups is 1. The maximum Gasteiger partial charge on any atom is 0.256 e. The van der Waals surface area contributed by atoms with Crippen LogP contribution < -0.4 is 15.4 Å². The van der Waals surface area contributed by atoms with Crippen molar-refractivity contribution in [1.82, 2.24) is 19.7 Å². The molecule has 1 aliphatic heterocycles. The molecule has 2 aromatic heterocycles. The highest BCUT2D eigenvalue weighted by molar-refractivity contribution is 6.06. The van der Waals surface area contributed by atoms with Gasteiger partial charge < -0.3 is 20.5 Å². The first-order chi connectivity index (χ1) is 15.1. The zero-order chi connectivity index (χ0) is 21.8. The molecular weight excluding hydrogens is 396 g/mol. The summed E-state index contributed by atoms with van der Waals surface area (Å²) in [5.41, 5.74) is 2.39. The number of aryl methyl sites for hydroxylation is 1. The van der Waals surface area contributed by atoms with Gasteiger partial charge in [-0.1, -0.05) is 18.2 Å². The maximum atomic E-state index is 13.4. The minimum atomic E-state index is -0.553. The largest absolute Gasteiger partial charge is 0.495 e. The fraction of sp³-hybridized carbons (Fsp3) is 0.273. The number of aromatic nitrogens is 4. The van der Waals surface area contributed by atoms with Gasteiger partial charge >= 0.3 is 0 Å². The first kappa shape index (κ1) is 20.5. The lowest BCUT2D eigenvalue weighted by molar-refractivity contribution is -0.113. The molecule has 31 heavy (non-hydrogen) atoms. The summed E-state index contributed by atoms with van der Waals surface area (Å²) in [6.45, 7) is 1.89. The molecule has 3 N–H and O–H groups in total. The molecule has 9 nitrogen and oxygen atoms in total. The first-order valence-electron chi connectivity index (χ1n) is 10.0. The second-order valence-corrected chi connectivity index (χ2v) is 7.10. The van der Waals surface area contributed by atoms with Gasteiger partial charge in [0.15, 0.2) is 5.82 Å². The monoisotopic (exact) mass is 420 g/mol. The summed E-state index contributed by atoms with van der Waals surface area (Å²) >= 11 is 0. The van der Waals surface area contributed by atoms with Crippen molar-refractivity contribution in [2.45, 2.75) is 25.8 Å². The number of hydrogen-bond acceptors (Lipinski definition) is 7. The lowest BCUT2D eigenvalue weighted by Crippen LogP contribution is -2.32. The molecule has 3 heterocycles. The van der Waals surface area contributed by atoms with Crippen LogP contribution in [0, 0.1) is 0 Å². The van der Waals surface area contributed by atoms with E-state index in [1.54, 1.807) is 30.1 Å². The summed E-state index contributed by atoms with van der Waals surface area (Å²) in [5, 5.41) is 19.9. The van der Waals surface area contributed by atoms with Gasteiger partial charge in [-0.25, -0.2) is 4.68 Å². The van der Waals surface area contributed by atoms with E-state index in [2.05, 4.69) is 25.7 Å². The topological polar surface area (TPSA) is 114 Å². The van der Waals surface area contributed by atoms with Crippen molar-refractivity contribution in [3.05, 3.63) is 71.4 Å². The van der Waals surface area contributed by atoms with E-state index in [0.29, 0.717) is 53.0 Å². The first-order valence-corrected chi connectivity index (χ1v) is 10.0. The molecule has 1 atom stereocenters. The van der Waals surface area contributed by atoms with Crippen LogP contribution in [0.2, 0.25) is 0 Å². The number of anilines is 2. The molecule has 1 aliphatic rings. The predicted molar refractivity (Wildman–Crippen MR) is 116 cm³/mol. The van der Waals surface area contributed by atoms with Crippen molar-refractivity contribution in [3.8, 4) is 5.75 Å². The van der Waals surface area contributed by atoms with E-state index in [1.807, 2.05) is 37.3 Å². The Kier molecular flexibility index (Phi) is 5.94. The molecule has 160 valence electrons. The number of fused-ring (bicyclic) bond motifs is 1. The SMILES string of the molecule is COc1ccccc1NC(=O)C1=C(C)Nc2nc(CCCO)nn2[C@@H]1c1ccccn1. The van der Waals surface area contributed by atoms with Crippen LogP contribution in [0.15, 0.2) is 59.9 Å². The Bertz CT molecular complexity index is 1110. The normalized spacial score (nSPS) is 15.3. The third-order valence-corrected chi connectivity index (χ3v) is 5.02. The number of para-hydroxylation sites is 2. The number of nitrogens with one attached hydrogen (secondary N) is 2. The Morgan fingerprint density at radius 1 is 1.26 bits per heavy atom. The number of aliphatic hydroxyl groups is 1. The molecule has 9 heteroatoms. The zero-order valence-electron chi connectivity index (χ0n) is 17.4. The van der Waals surface area contributed by atoms with Gasteiger partial charge in [0.05, 0.1) is 24.1 Å². The molecule has 0 saturated carbocycles. The molecule has 1 aromatic carbocycles. The molecule has 0 spiro atoms. The second-order valence-electron chi connectivity index (χ2n) is 7.10. The predicted octanol–water partition coefficient (Wildman–Crippen LogP) is 2.53. The molecule has 4 rings (SSSR count). The standard InChI is InChI=1S/C22H24N6O3/c1-14-19(21(30)25-15-8-3-4-10-17(15)31-2)20(16-9-5-6-12-23-16)28-22(24-14)26-18(27-28)11-7-13-29/h3-6,8-10,12,20,29H,7,11,13H2,1-2H3,(H,25,30)(H,24,26,27)/t20-/m1/s1. The van der Waals surface area contributed by atoms with Gasteiger partial charge in [0, 0.05) is 24.9 Å². The van der Waals surface area contributed by atoms with Crippen molar-refractivity contribution in [1.29, 1.82) is 0 Å². The lowest BCUT2D eigenvalue weighted by Gasteiger charge is -2.28. The number of amides is 1. The van der Waals surface area contributed by atoms with E-state index < -0.39 is 6.04 Å². The minimum absolute atomic E-state index is 0.0603. The molecule has 3 aromatic rings. The van der Waals surface area contributed by atoms with Gasteiger partial charge in [-0.15, -0.1) is 0 Å². The van der Waals surface area contributed by atoms with Crippen molar-refractivity contribution < 1.29 is 14.6 Å². The van der Waals surface area contributed by atoms with Crippen LogP contribution in [0.1, 0.15) is 30.9 Å². The quantitative estimate of drug-likeness (QED) is 0.538. The summed E-state index contributed by atoms with van der Waals surface area (Å²) in [4.78, 5) is 22.5. The zero-order valence-corrected chi connectivity index (χ0v) is 17.4. The Hall–Kier alpha value is -3.72. The van der Waals surface area contributed by atoms with Crippen LogP contribution in [0.4, 0.5) is 11.6 Å². The number of methoxy groups -OCH3 is 1. The van der Waals surface area contributed by atoms with Gasteiger partial charge in [-0.3, -0.25) is 9.78 Å². The van der Waals surface area contributed by atoms with Crippen molar-refractivity contribution in [2.24, 2.45) is 0 Å². The molecule has 0 radical (unpaired) electrons. The van der Waals surface area contributed by atoms with Crippen molar-refractivity contribution in [2.75, 3.05) is 24.4 Å². The Balaban J connectivity index is 1.74. The van der Waals surface area contributed by atoms with Gasteiger partial charge in [-0.2, -0.15) is 10.1 Å². The van der Waals surface area contributed by atoms with E-state index >= 15 is 0 Å². The average molecular weight is 420 g/mol. The molecular formula is C22H24N6O3. The van der Waals surface area contributed by atoms with E-state index in [4.69, 9.17) is 9.84 Å². The number of carbonyl (C=O) groups excluding carboxylic acids is 1. The van der Waals surface area contributed by atoms with E-state index in [9.17, 15) is 4.79 Å². The summed E-state index contributed by atoms with van der Waals surface area (Å²) in [6, 6.07) is 12.2. The number of hydrogen-bond donors (Lipinski definition) is 3. The average Bonchev–Trinajstić information content (AvgIpc) is 3.19. The maximum absolute atomic E-state index is 13.4. The number of pyridine rings is 1. The number of ether oxygens (including phenoxy) is 1. The summed E-state index contributed by atoms with van der Waals surface area (Å²) in [5.74, 6) is 1.41. The highest BCUT2D eigenvalue weighted by atomic mass is 16.5. The summed E-state index contributed by atoms with van der Waals surface area (Å²) in [7, 11) is 1.56. The molecule has 0 unspecified atom stereocenters.